The van der Waals surface area contributed by atoms with Crippen molar-refractivity contribution in [2.24, 2.45) is 5.92 Å². The first kappa shape index (κ1) is 11.5. The lowest BCUT2D eigenvalue weighted by atomic mass is 9.98. The summed E-state index contributed by atoms with van der Waals surface area (Å²) in [6.45, 7) is 3.44. The van der Waals surface area contributed by atoms with Crippen LogP contribution in [0.1, 0.15) is 12.8 Å². The molecule has 0 aliphatic carbocycles. The van der Waals surface area contributed by atoms with E-state index in [0.717, 1.165) is 12.5 Å². The lowest BCUT2D eigenvalue weighted by Gasteiger charge is -2.23. The Hall–Kier alpha value is -1.54. The van der Waals surface area contributed by atoms with Gasteiger partial charge < -0.3 is 10.6 Å². The predicted octanol–water partition coefficient (Wildman–Crippen LogP) is 3.25. The van der Waals surface area contributed by atoms with E-state index in [4.69, 9.17) is 0 Å². The molecule has 3 rings (SSSR count). The first-order valence-electron chi connectivity index (χ1n) is 6.85. The SMILES string of the molecule is c1ccc2cc(NCC3CCNCC3)ccc2c1. The van der Waals surface area contributed by atoms with Gasteiger partial charge in [-0.1, -0.05) is 30.3 Å². The summed E-state index contributed by atoms with van der Waals surface area (Å²) in [5, 5.41) is 9.61. The van der Waals surface area contributed by atoms with Crippen LogP contribution in [0.25, 0.3) is 10.8 Å². The van der Waals surface area contributed by atoms with Gasteiger partial charge in [-0.15, -0.1) is 0 Å². The number of nitrogens with one attached hydrogen (secondary N) is 2. The first-order valence-corrected chi connectivity index (χ1v) is 6.85. The molecule has 1 saturated heterocycles. The van der Waals surface area contributed by atoms with Gasteiger partial charge in [0.2, 0.25) is 0 Å². The molecule has 18 heavy (non-hydrogen) atoms. The third kappa shape index (κ3) is 2.65. The molecule has 1 aliphatic heterocycles. The monoisotopic (exact) mass is 240 g/mol. The molecule has 2 heteroatoms. The van der Waals surface area contributed by atoms with Crippen LogP contribution in [0, 0.1) is 5.92 Å². The van der Waals surface area contributed by atoms with E-state index in [-0.39, 0.29) is 0 Å². The Morgan fingerprint density at radius 2 is 1.78 bits per heavy atom. The third-order valence-corrected chi connectivity index (χ3v) is 3.80. The molecule has 94 valence electrons. The molecule has 0 amide bonds. The fraction of sp³-hybridized carbons (Fsp3) is 0.375. The summed E-state index contributed by atoms with van der Waals surface area (Å²) < 4.78 is 0. The summed E-state index contributed by atoms with van der Waals surface area (Å²) in [7, 11) is 0. The summed E-state index contributed by atoms with van der Waals surface area (Å²) in [6.07, 6.45) is 2.58. The number of rotatable bonds is 3. The maximum atomic E-state index is 3.58. The number of benzene rings is 2. The minimum atomic E-state index is 0.817. The van der Waals surface area contributed by atoms with Gasteiger partial charge >= 0.3 is 0 Å². The van der Waals surface area contributed by atoms with Crippen LogP contribution in [0.2, 0.25) is 0 Å². The Morgan fingerprint density at radius 3 is 2.61 bits per heavy atom. The van der Waals surface area contributed by atoms with Gasteiger partial charge in [-0.2, -0.15) is 0 Å². The minimum absolute atomic E-state index is 0.817. The first-order chi connectivity index (χ1) is 8.92. The van der Waals surface area contributed by atoms with Crippen molar-refractivity contribution in [3.63, 3.8) is 0 Å². The van der Waals surface area contributed by atoms with Crippen molar-refractivity contribution >= 4 is 16.5 Å². The fourth-order valence-electron chi connectivity index (χ4n) is 2.65. The van der Waals surface area contributed by atoms with Crippen molar-refractivity contribution in [1.29, 1.82) is 0 Å². The Bertz CT molecular complexity index is 515. The Labute approximate surface area is 108 Å². The van der Waals surface area contributed by atoms with Gasteiger partial charge in [-0.3, -0.25) is 0 Å². The number of hydrogen-bond donors (Lipinski definition) is 2. The summed E-state index contributed by atoms with van der Waals surface area (Å²) >= 11 is 0. The average Bonchev–Trinajstić information content (AvgIpc) is 2.46. The fourth-order valence-corrected chi connectivity index (χ4v) is 2.65. The third-order valence-electron chi connectivity index (χ3n) is 3.80. The van der Waals surface area contributed by atoms with E-state index in [2.05, 4.69) is 53.1 Å². The van der Waals surface area contributed by atoms with Crippen molar-refractivity contribution in [2.45, 2.75) is 12.8 Å². The number of piperidine rings is 1. The Kier molecular flexibility index (Phi) is 3.47. The van der Waals surface area contributed by atoms with Crippen LogP contribution in [0.3, 0.4) is 0 Å². The van der Waals surface area contributed by atoms with E-state index in [0.29, 0.717) is 0 Å². The number of fused-ring (bicyclic) bond motifs is 1. The molecule has 2 aromatic carbocycles. The van der Waals surface area contributed by atoms with E-state index in [1.807, 2.05) is 0 Å². The summed E-state index contributed by atoms with van der Waals surface area (Å²) in [6, 6.07) is 15.1. The van der Waals surface area contributed by atoms with Crippen molar-refractivity contribution in [1.82, 2.24) is 5.32 Å². The molecule has 0 bridgehead atoms. The van der Waals surface area contributed by atoms with Crippen LogP contribution in [-0.4, -0.2) is 19.6 Å². The van der Waals surface area contributed by atoms with Crippen molar-refractivity contribution in [2.75, 3.05) is 25.0 Å². The lowest BCUT2D eigenvalue weighted by Crippen LogP contribution is -2.31. The van der Waals surface area contributed by atoms with E-state index in [9.17, 15) is 0 Å². The van der Waals surface area contributed by atoms with Gasteiger partial charge in [0.1, 0.15) is 0 Å². The van der Waals surface area contributed by atoms with Crippen molar-refractivity contribution in [3.8, 4) is 0 Å². The van der Waals surface area contributed by atoms with Crippen LogP contribution in [-0.2, 0) is 0 Å². The molecular formula is C16H20N2. The molecule has 1 fully saturated rings. The Morgan fingerprint density at radius 1 is 1.00 bits per heavy atom. The highest BCUT2D eigenvalue weighted by Crippen LogP contribution is 2.20. The molecule has 2 aromatic rings. The normalized spacial score (nSPS) is 16.9. The molecule has 1 heterocycles. The molecule has 1 aliphatic rings. The van der Waals surface area contributed by atoms with Gasteiger partial charge in [-0.25, -0.2) is 0 Å². The smallest absolute Gasteiger partial charge is 0.0346 e. The molecule has 0 spiro atoms. The average molecular weight is 240 g/mol. The summed E-state index contributed by atoms with van der Waals surface area (Å²) in [5.41, 5.74) is 1.24. The summed E-state index contributed by atoms with van der Waals surface area (Å²) in [4.78, 5) is 0. The number of anilines is 1. The standard InChI is InChI=1S/C16H20N2/c1-2-4-15-11-16(6-5-14(15)3-1)18-12-13-7-9-17-10-8-13/h1-6,11,13,17-18H,7-10,12H2. The van der Waals surface area contributed by atoms with Gasteiger partial charge in [0.25, 0.3) is 0 Å². The van der Waals surface area contributed by atoms with Gasteiger partial charge in [0.05, 0.1) is 0 Å². The molecule has 0 atom stereocenters. The van der Waals surface area contributed by atoms with Crippen LogP contribution < -0.4 is 10.6 Å². The maximum Gasteiger partial charge on any atom is 0.0346 e. The van der Waals surface area contributed by atoms with Crippen molar-refractivity contribution in [3.05, 3.63) is 42.5 Å². The second-order valence-corrected chi connectivity index (χ2v) is 5.14. The molecule has 0 aromatic heterocycles. The van der Waals surface area contributed by atoms with Crippen LogP contribution in [0.15, 0.2) is 42.5 Å². The predicted molar refractivity (Wildman–Crippen MR) is 78.0 cm³/mol. The number of hydrogen-bond acceptors (Lipinski definition) is 2. The van der Waals surface area contributed by atoms with Gasteiger partial charge in [0.15, 0.2) is 0 Å². The molecule has 0 unspecified atom stereocenters. The molecular weight excluding hydrogens is 220 g/mol. The zero-order chi connectivity index (χ0) is 12.2. The van der Waals surface area contributed by atoms with E-state index in [1.165, 1.54) is 42.4 Å². The van der Waals surface area contributed by atoms with E-state index in [1.54, 1.807) is 0 Å². The quantitative estimate of drug-likeness (QED) is 0.860. The topological polar surface area (TPSA) is 24.1 Å². The lowest BCUT2D eigenvalue weighted by molar-refractivity contribution is 0.390. The zero-order valence-electron chi connectivity index (χ0n) is 10.7. The minimum Gasteiger partial charge on any atom is -0.385 e. The highest BCUT2D eigenvalue weighted by molar-refractivity contribution is 5.85. The highest BCUT2D eigenvalue weighted by atomic mass is 14.9. The molecule has 0 saturated carbocycles. The maximum absolute atomic E-state index is 3.58. The zero-order valence-corrected chi connectivity index (χ0v) is 10.7. The van der Waals surface area contributed by atoms with Crippen LogP contribution in [0.5, 0.6) is 0 Å². The van der Waals surface area contributed by atoms with Crippen LogP contribution >= 0.6 is 0 Å². The Balaban J connectivity index is 1.66. The van der Waals surface area contributed by atoms with Crippen molar-refractivity contribution < 1.29 is 0 Å². The largest absolute Gasteiger partial charge is 0.385 e. The highest BCUT2D eigenvalue weighted by Gasteiger charge is 2.12. The second kappa shape index (κ2) is 5.40. The second-order valence-electron chi connectivity index (χ2n) is 5.14. The van der Waals surface area contributed by atoms with E-state index >= 15 is 0 Å². The van der Waals surface area contributed by atoms with Gasteiger partial charge in [-0.05, 0) is 54.8 Å². The molecule has 2 N–H and O–H groups in total. The molecule has 2 nitrogen and oxygen atoms in total. The van der Waals surface area contributed by atoms with E-state index < -0.39 is 0 Å². The summed E-state index contributed by atoms with van der Waals surface area (Å²) in [5.74, 6) is 0.817. The molecule has 0 radical (unpaired) electrons. The van der Waals surface area contributed by atoms with Crippen LogP contribution in [0.4, 0.5) is 5.69 Å². The van der Waals surface area contributed by atoms with Gasteiger partial charge in [0, 0.05) is 12.2 Å².